The Labute approximate surface area is 81.3 Å². The summed E-state index contributed by atoms with van der Waals surface area (Å²) in [6.45, 7) is 9.82. The number of carbonyl (C=O) groups excluding carboxylic acids is 1. The Morgan fingerprint density at radius 1 is 1.15 bits per heavy atom. The summed E-state index contributed by atoms with van der Waals surface area (Å²) < 4.78 is 0. The molecule has 0 spiro atoms. The lowest BCUT2D eigenvalue weighted by atomic mass is 10.1. The molecule has 0 radical (unpaired) electrons. The first-order chi connectivity index (χ1) is 5.92. The van der Waals surface area contributed by atoms with Gasteiger partial charge in [0.05, 0.1) is 0 Å². The maximum Gasteiger partial charge on any atom is 0.216 e. The molecule has 0 aromatic heterocycles. The number of hydrogen-bond acceptors (Lipinski definition) is 2. The Kier molecular flexibility index (Phi) is 5.71. The second-order valence-electron chi connectivity index (χ2n) is 4.37. The van der Waals surface area contributed by atoms with Crippen molar-refractivity contribution in [3.8, 4) is 0 Å². The molecule has 3 nitrogen and oxygen atoms in total. The molecule has 0 heterocycles. The van der Waals surface area contributed by atoms with Crippen LogP contribution in [-0.4, -0.2) is 24.5 Å². The molecule has 0 aromatic rings. The molecule has 0 fully saturated rings. The third kappa shape index (κ3) is 11.4. The van der Waals surface area contributed by atoms with Crippen molar-refractivity contribution >= 4 is 5.91 Å². The Morgan fingerprint density at radius 3 is 2.15 bits per heavy atom. The first kappa shape index (κ1) is 12.4. The van der Waals surface area contributed by atoms with Crippen molar-refractivity contribution in [2.45, 2.75) is 46.1 Å². The third-order valence-electron chi connectivity index (χ3n) is 1.63. The lowest BCUT2D eigenvalue weighted by Gasteiger charge is -2.20. The first-order valence-corrected chi connectivity index (χ1v) is 4.91. The molecule has 78 valence electrons. The molecule has 13 heavy (non-hydrogen) atoms. The predicted octanol–water partition coefficient (Wildman–Crippen LogP) is 1.29. The molecule has 0 bridgehead atoms. The van der Waals surface area contributed by atoms with Crippen molar-refractivity contribution in [3.05, 3.63) is 0 Å². The van der Waals surface area contributed by atoms with Crippen LogP contribution in [0.2, 0.25) is 0 Å². The summed E-state index contributed by atoms with van der Waals surface area (Å²) in [7, 11) is 0. The Morgan fingerprint density at radius 2 is 1.69 bits per heavy atom. The highest BCUT2D eigenvalue weighted by Gasteiger charge is 2.06. The molecule has 0 rings (SSSR count). The topological polar surface area (TPSA) is 41.1 Å². The number of amides is 1. The molecule has 0 aliphatic carbocycles. The zero-order chi connectivity index (χ0) is 10.3. The van der Waals surface area contributed by atoms with Crippen LogP contribution >= 0.6 is 0 Å². The van der Waals surface area contributed by atoms with E-state index in [1.807, 2.05) is 0 Å². The average Bonchev–Trinajstić information content (AvgIpc) is 1.93. The van der Waals surface area contributed by atoms with E-state index in [-0.39, 0.29) is 11.4 Å². The van der Waals surface area contributed by atoms with Crippen molar-refractivity contribution in [1.82, 2.24) is 10.6 Å². The zero-order valence-electron chi connectivity index (χ0n) is 9.24. The minimum atomic E-state index is 0.0591. The number of carbonyl (C=O) groups is 1. The SMILES string of the molecule is CC(=O)NCCCCNC(C)(C)C. The van der Waals surface area contributed by atoms with Gasteiger partial charge in [0.15, 0.2) is 0 Å². The summed E-state index contributed by atoms with van der Waals surface area (Å²) in [5, 5.41) is 6.17. The van der Waals surface area contributed by atoms with E-state index in [1.54, 1.807) is 6.92 Å². The van der Waals surface area contributed by atoms with Crippen LogP contribution in [0.1, 0.15) is 40.5 Å². The molecule has 0 saturated heterocycles. The number of unbranched alkanes of at least 4 members (excludes halogenated alkanes) is 1. The summed E-state index contributed by atoms with van der Waals surface area (Å²) in [4.78, 5) is 10.5. The number of hydrogen-bond donors (Lipinski definition) is 2. The predicted molar refractivity (Wildman–Crippen MR) is 55.7 cm³/mol. The zero-order valence-corrected chi connectivity index (χ0v) is 9.24. The number of rotatable bonds is 5. The summed E-state index contributed by atoms with van der Waals surface area (Å²) in [6.07, 6.45) is 2.15. The lowest BCUT2D eigenvalue weighted by Crippen LogP contribution is -2.36. The Hall–Kier alpha value is -0.570. The van der Waals surface area contributed by atoms with Crippen LogP contribution in [0, 0.1) is 0 Å². The van der Waals surface area contributed by atoms with Crippen LogP contribution in [0.15, 0.2) is 0 Å². The molecule has 3 heteroatoms. The highest BCUT2D eigenvalue weighted by Crippen LogP contribution is 1.98. The van der Waals surface area contributed by atoms with Crippen LogP contribution in [0.5, 0.6) is 0 Å². The third-order valence-corrected chi connectivity index (χ3v) is 1.63. The maximum atomic E-state index is 10.5. The molecule has 1 amide bonds. The fraction of sp³-hybridized carbons (Fsp3) is 0.900. The molecule has 0 saturated carbocycles. The van der Waals surface area contributed by atoms with Gasteiger partial charge in [-0.2, -0.15) is 0 Å². The van der Waals surface area contributed by atoms with Crippen LogP contribution in [0.3, 0.4) is 0 Å². The minimum Gasteiger partial charge on any atom is -0.356 e. The highest BCUT2D eigenvalue weighted by molar-refractivity contribution is 5.72. The Bertz CT molecular complexity index is 149. The van der Waals surface area contributed by atoms with Crippen LogP contribution in [-0.2, 0) is 4.79 Å². The smallest absolute Gasteiger partial charge is 0.216 e. The van der Waals surface area contributed by atoms with Crippen molar-refractivity contribution in [2.75, 3.05) is 13.1 Å². The van der Waals surface area contributed by atoms with E-state index in [4.69, 9.17) is 0 Å². The van der Waals surface area contributed by atoms with Gasteiger partial charge in [-0.3, -0.25) is 4.79 Å². The van der Waals surface area contributed by atoms with Gasteiger partial charge in [-0.25, -0.2) is 0 Å². The second-order valence-corrected chi connectivity index (χ2v) is 4.37. The van der Waals surface area contributed by atoms with E-state index < -0.39 is 0 Å². The molecule has 0 aliphatic heterocycles. The maximum absolute atomic E-state index is 10.5. The van der Waals surface area contributed by atoms with E-state index in [0.717, 1.165) is 25.9 Å². The normalized spacial score (nSPS) is 11.4. The fourth-order valence-electron chi connectivity index (χ4n) is 0.978. The van der Waals surface area contributed by atoms with Gasteiger partial charge in [0, 0.05) is 19.0 Å². The monoisotopic (exact) mass is 186 g/mol. The van der Waals surface area contributed by atoms with Gasteiger partial charge in [-0.05, 0) is 40.2 Å². The van der Waals surface area contributed by atoms with Gasteiger partial charge in [-0.15, -0.1) is 0 Å². The van der Waals surface area contributed by atoms with Crippen molar-refractivity contribution in [2.24, 2.45) is 0 Å². The molecular formula is C10H22N2O. The van der Waals surface area contributed by atoms with E-state index in [1.165, 1.54) is 0 Å². The molecule has 0 atom stereocenters. The quantitative estimate of drug-likeness (QED) is 0.635. The molecular weight excluding hydrogens is 164 g/mol. The van der Waals surface area contributed by atoms with E-state index in [2.05, 4.69) is 31.4 Å². The lowest BCUT2D eigenvalue weighted by molar-refractivity contribution is -0.118. The van der Waals surface area contributed by atoms with Crippen molar-refractivity contribution < 1.29 is 4.79 Å². The summed E-state index contributed by atoms with van der Waals surface area (Å²) in [6, 6.07) is 0. The summed E-state index contributed by atoms with van der Waals surface area (Å²) in [5.41, 5.74) is 0.202. The van der Waals surface area contributed by atoms with Crippen molar-refractivity contribution in [3.63, 3.8) is 0 Å². The summed E-state index contributed by atoms with van der Waals surface area (Å²) in [5.74, 6) is 0.0591. The second kappa shape index (κ2) is 5.97. The van der Waals surface area contributed by atoms with Gasteiger partial charge < -0.3 is 10.6 Å². The Balaban J connectivity index is 3.13. The van der Waals surface area contributed by atoms with Gasteiger partial charge >= 0.3 is 0 Å². The number of nitrogens with one attached hydrogen (secondary N) is 2. The fourth-order valence-corrected chi connectivity index (χ4v) is 0.978. The van der Waals surface area contributed by atoms with Crippen LogP contribution < -0.4 is 10.6 Å². The van der Waals surface area contributed by atoms with Gasteiger partial charge in [0.25, 0.3) is 0 Å². The molecule has 0 unspecified atom stereocenters. The van der Waals surface area contributed by atoms with Crippen molar-refractivity contribution in [1.29, 1.82) is 0 Å². The van der Waals surface area contributed by atoms with Gasteiger partial charge in [-0.1, -0.05) is 0 Å². The van der Waals surface area contributed by atoms with Gasteiger partial charge in [0.1, 0.15) is 0 Å². The average molecular weight is 186 g/mol. The molecule has 2 N–H and O–H groups in total. The largest absolute Gasteiger partial charge is 0.356 e. The van der Waals surface area contributed by atoms with Crippen LogP contribution in [0.4, 0.5) is 0 Å². The van der Waals surface area contributed by atoms with Gasteiger partial charge in [0.2, 0.25) is 5.91 Å². The molecule has 0 aliphatic rings. The van der Waals surface area contributed by atoms with E-state index in [0.29, 0.717) is 0 Å². The highest BCUT2D eigenvalue weighted by atomic mass is 16.1. The first-order valence-electron chi connectivity index (χ1n) is 4.91. The van der Waals surface area contributed by atoms with Crippen LogP contribution in [0.25, 0.3) is 0 Å². The minimum absolute atomic E-state index is 0.0591. The molecule has 0 aromatic carbocycles. The van der Waals surface area contributed by atoms with E-state index in [9.17, 15) is 4.79 Å². The van der Waals surface area contributed by atoms with E-state index >= 15 is 0 Å². The standard InChI is InChI=1S/C10H22N2O/c1-9(13)11-7-5-6-8-12-10(2,3)4/h12H,5-8H2,1-4H3,(H,11,13). The summed E-state index contributed by atoms with van der Waals surface area (Å²) >= 11 is 0.